The number of amides is 1. The van der Waals surface area contributed by atoms with Crippen molar-refractivity contribution in [3.05, 3.63) is 28.5 Å². The molecule has 0 aliphatic carbocycles. The Morgan fingerprint density at radius 3 is 2.50 bits per heavy atom. The summed E-state index contributed by atoms with van der Waals surface area (Å²) in [7, 11) is 0.815. The number of nitrogens with one attached hydrogen (secondary N) is 1. The molecule has 0 saturated carbocycles. The molecule has 0 aromatic heterocycles. The molecule has 0 bridgehead atoms. The first-order valence-corrected chi connectivity index (χ1v) is 8.53. The summed E-state index contributed by atoms with van der Waals surface area (Å²) < 4.78 is 35.9. The van der Waals surface area contributed by atoms with Gasteiger partial charge in [0, 0.05) is 17.2 Å². The molecule has 0 atom stereocenters. The number of halogens is 3. The maximum Gasteiger partial charge on any atom is 0.264 e. The van der Waals surface area contributed by atoms with Crippen molar-refractivity contribution < 1.29 is 17.6 Å². The van der Waals surface area contributed by atoms with Crippen LogP contribution in [0, 0.1) is 11.7 Å². The Labute approximate surface area is 126 Å². The molecule has 1 N–H and O–H groups in total. The van der Waals surface area contributed by atoms with E-state index in [0.29, 0.717) is 12.5 Å². The Bertz CT molecular complexity index is 617. The predicted octanol–water partition coefficient (Wildman–Crippen LogP) is 3.18. The summed E-state index contributed by atoms with van der Waals surface area (Å²) in [6.07, 6.45) is 0.755. The van der Waals surface area contributed by atoms with Crippen LogP contribution in [-0.4, -0.2) is 20.9 Å². The van der Waals surface area contributed by atoms with Crippen LogP contribution in [0.15, 0.2) is 17.0 Å². The molecule has 0 radical (unpaired) electrons. The highest BCUT2D eigenvalue weighted by molar-refractivity contribution is 8.13. The molecule has 1 aromatic rings. The summed E-state index contributed by atoms with van der Waals surface area (Å²) in [5.41, 5.74) is -0.129. The molecule has 0 spiro atoms. The van der Waals surface area contributed by atoms with Gasteiger partial charge in [-0.15, -0.1) is 0 Å². The molecular weight excluding hydrogens is 328 g/mol. The fraction of sp³-hybridized carbons (Fsp3) is 0.417. The Morgan fingerprint density at radius 2 is 2.00 bits per heavy atom. The van der Waals surface area contributed by atoms with E-state index in [2.05, 4.69) is 5.32 Å². The third kappa shape index (κ3) is 4.61. The van der Waals surface area contributed by atoms with E-state index in [1.807, 2.05) is 13.8 Å². The first kappa shape index (κ1) is 17.2. The van der Waals surface area contributed by atoms with Gasteiger partial charge in [0.05, 0.1) is 10.6 Å². The maximum absolute atomic E-state index is 13.5. The van der Waals surface area contributed by atoms with Gasteiger partial charge in [0.1, 0.15) is 10.7 Å². The van der Waals surface area contributed by atoms with Gasteiger partial charge in [-0.05, 0) is 24.5 Å². The second-order valence-electron chi connectivity index (χ2n) is 4.64. The van der Waals surface area contributed by atoms with E-state index >= 15 is 0 Å². The van der Waals surface area contributed by atoms with Gasteiger partial charge in [0.2, 0.25) is 0 Å². The maximum atomic E-state index is 13.5. The normalized spacial score (nSPS) is 11.7. The van der Waals surface area contributed by atoms with E-state index in [1.54, 1.807) is 0 Å². The van der Waals surface area contributed by atoms with Gasteiger partial charge in [0.15, 0.2) is 0 Å². The first-order valence-electron chi connectivity index (χ1n) is 5.85. The molecule has 1 aromatic carbocycles. The van der Waals surface area contributed by atoms with E-state index in [4.69, 9.17) is 22.3 Å². The third-order valence-corrected chi connectivity index (χ3v) is 4.19. The van der Waals surface area contributed by atoms with Crippen LogP contribution < -0.4 is 5.32 Å². The molecule has 8 heteroatoms. The van der Waals surface area contributed by atoms with Crippen molar-refractivity contribution in [1.29, 1.82) is 0 Å². The number of rotatable bonds is 5. The lowest BCUT2D eigenvalue weighted by Gasteiger charge is -2.09. The highest BCUT2D eigenvalue weighted by Gasteiger charge is 2.21. The molecule has 0 fully saturated rings. The number of hydrogen-bond donors (Lipinski definition) is 1. The Balaban J connectivity index is 3.04. The summed E-state index contributed by atoms with van der Waals surface area (Å²) >= 11 is 5.75. The van der Waals surface area contributed by atoms with Crippen molar-refractivity contribution in [3.63, 3.8) is 0 Å². The molecule has 0 aliphatic rings. The minimum Gasteiger partial charge on any atom is -0.352 e. The number of hydrogen-bond acceptors (Lipinski definition) is 3. The van der Waals surface area contributed by atoms with E-state index in [-0.39, 0.29) is 10.6 Å². The zero-order valence-electron chi connectivity index (χ0n) is 10.9. The van der Waals surface area contributed by atoms with Crippen LogP contribution in [0.25, 0.3) is 0 Å². The first-order chi connectivity index (χ1) is 9.12. The summed E-state index contributed by atoms with van der Waals surface area (Å²) in [6, 6.07) is 1.60. The summed E-state index contributed by atoms with van der Waals surface area (Å²) in [4.78, 5) is 11.1. The number of carbonyl (C=O) groups excluding carboxylic acids is 1. The van der Waals surface area contributed by atoms with Crippen molar-refractivity contribution >= 4 is 37.2 Å². The summed E-state index contributed by atoms with van der Waals surface area (Å²) in [5, 5.41) is 2.41. The Morgan fingerprint density at radius 1 is 1.40 bits per heavy atom. The Hall–Kier alpha value is -0.850. The molecule has 1 rings (SSSR count). The molecular formula is C12H14Cl2FNO3S. The van der Waals surface area contributed by atoms with Gasteiger partial charge in [-0.25, -0.2) is 12.8 Å². The van der Waals surface area contributed by atoms with E-state index < -0.39 is 25.7 Å². The lowest BCUT2D eigenvalue weighted by Crippen LogP contribution is -2.26. The minimum absolute atomic E-state index is 0.129. The van der Waals surface area contributed by atoms with Gasteiger partial charge in [0.25, 0.3) is 15.0 Å². The van der Waals surface area contributed by atoms with E-state index in [0.717, 1.165) is 18.6 Å². The van der Waals surface area contributed by atoms with Crippen molar-refractivity contribution in [3.8, 4) is 0 Å². The number of carbonyl (C=O) groups is 1. The monoisotopic (exact) mass is 341 g/mol. The SMILES string of the molecule is CC(C)CCNC(=O)c1cc(S(=O)(=O)Cl)c(F)cc1Cl. The molecule has 0 saturated heterocycles. The van der Waals surface area contributed by atoms with Gasteiger partial charge < -0.3 is 5.32 Å². The molecule has 4 nitrogen and oxygen atoms in total. The molecule has 20 heavy (non-hydrogen) atoms. The molecule has 0 unspecified atom stereocenters. The van der Waals surface area contributed by atoms with Crippen molar-refractivity contribution in [2.75, 3.05) is 6.54 Å². The zero-order chi connectivity index (χ0) is 15.5. The second-order valence-corrected chi connectivity index (χ2v) is 7.58. The molecule has 0 aliphatic heterocycles. The van der Waals surface area contributed by atoms with E-state index in [1.165, 1.54) is 0 Å². The van der Waals surface area contributed by atoms with Gasteiger partial charge >= 0.3 is 0 Å². The van der Waals surface area contributed by atoms with Crippen molar-refractivity contribution in [2.24, 2.45) is 5.92 Å². The largest absolute Gasteiger partial charge is 0.352 e. The smallest absolute Gasteiger partial charge is 0.264 e. The fourth-order valence-corrected chi connectivity index (χ4v) is 2.60. The summed E-state index contributed by atoms with van der Waals surface area (Å²) in [5.74, 6) is -1.27. The third-order valence-electron chi connectivity index (χ3n) is 2.54. The standard InChI is InChI=1S/C12H14Cl2FNO3S/c1-7(2)3-4-16-12(17)8-5-11(20(14,18)19)10(15)6-9(8)13/h5-7H,3-4H2,1-2H3,(H,16,17). The lowest BCUT2D eigenvalue weighted by molar-refractivity contribution is 0.0952. The highest BCUT2D eigenvalue weighted by Crippen LogP contribution is 2.26. The van der Waals surface area contributed by atoms with E-state index in [9.17, 15) is 17.6 Å². The zero-order valence-corrected chi connectivity index (χ0v) is 13.2. The lowest BCUT2D eigenvalue weighted by atomic mass is 10.1. The Kier molecular flexibility index (Phi) is 5.79. The topological polar surface area (TPSA) is 63.2 Å². The van der Waals surface area contributed by atoms with Gasteiger partial charge in [-0.3, -0.25) is 4.79 Å². The second kappa shape index (κ2) is 6.74. The van der Waals surface area contributed by atoms with Crippen molar-refractivity contribution in [1.82, 2.24) is 5.32 Å². The van der Waals surface area contributed by atoms with Gasteiger partial charge in [-0.2, -0.15) is 0 Å². The van der Waals surface area contributed by atoms with Gasteiger partial charge in [-0.1, -0.05) is 25.4 Å². The highest BCUT2D eigenvalue weighted by atomic mass is 35.7. The number of benzene rings is 1. The molecule has 112 valence electrons. The van der Waals surface area contributed by atoms with Crippen LogP contribution in [-0.2, 0) is 9.05 Å². The quantitative estimate of drug-likeness (QED) is 0.836. The predicted molar refractivity (Wildman–Crippen MR) is 76.2 cm³/mol. The van der Waals surface area contributed by atoms with Crippen LogP contribution in [0.4, 0.5) is 4.39 Å². The summed E-state index contributed by atoms with van der Waals surface area (Å²) in [6.45, 7) is 4.40. The van der Waals surface area contributed by atoms with Crippen LogP contribution in [0.3, 0.4) is 0 Å². The average molecular weight is 342 g/mol. The molecule has 0 heterocycles. The van der Waals surface area contributed by atoms with Crippen LogP contribution in [0.1, 0.15) is 30.6 Å². The van der Waals surface area contributed by atoms with Crippen molar-refractivity contribution in [2.45, 2.75) is 25.2 Å². The van der Waals surface area contributed by atoms with Crippen LogP contribution in [0.2, 0.25) is 5.02 Å². The molecule has 1 amide bonds. The van der Waals surface area contributed by atoms with Crippen LogP contribution >= 0.6 is 22.3 Å². The minimum atomic E-state index is -4.28. The fourth-order valence-electron chi connectivity index (χ4n) is 1.46. The van der Waals surface area contributed by atoms with Crippen LogP contribution in [0.5, 0.6) is 0 Å². The average Bonchev–Trinajstić information content (AvgIpc) is 2.26.